The van der Waals surface area contributed by atoms with Crippen LogP contribution in [0, 0.1) is 0 Å². The second-order valence-electron chi connectivity index (χ2n) is 5.71. The number of ether oxygens (including phenoxy) is 1. The number of fused-ring (bicyclic) bond motifs is 1. The molecule has 1 fully saturated rings. The molecule has 0 bridgehead atoms. The highest BCUT2D eigenvalue weighted by Gasteiger charge is 2.31. The smallest absolute Gasteiger partial charge is 0.303 e. The van der Waals surface area contributed by atoms with Gasteiger partial charge >= 0.3 is 5.97 Å². The van der Waals surface area contributed by atoms with Crippen LogP contribution in [0.2, 0.25) is 5.02 Å². The molecule has 27 heavy (non-hydrogen) atoms. The third-order valence-electron chi connectivity index (χ3n) is 3.93. The zero-order valence-electron chi connectivity index (χ0n) is 14.3. The first-order valence-corrected chi connectivity index (χ1v) is 9.61. The Kier molecular flexibility index (Phi) is 5.98. The summed E-state index contributed by atoms with van der Waals surface area (Å²) in [6.45, 7) is 0.281. The number of methoxy groups -OCH3 is 1. The molecule has 0 saturated carbocycles. The maximum atomic E-state index is 12.6. The van der Waals surface area contributed by atoms with Crippen molar-refractivity contribution >= 4 is 68.8 Å². The van der Waals surface area contributed by atoms with Gasteiger partial charge in [-0.2, -0.15) is 0 Å². The van der Waals surface area contributed by atoms with E-state index in [9.17, 15) is 9.59 Å². The summed E-state index contributed by atoms with van der Waals surface area (Å²) in [6, 6.07) is 7.08. The Bertz CT molecular complexity index is 977. The minimum atomic E-state index is -0.899. The van der Waals surface area contributed by atoms with Crippen LogP contribution in [0.5, 0.6) is 5.75 Å². The number of nitrogens with zero attached hydrogens (tertiary/aromatic N) is 2. The van der Waals surface area contributed by atoms with Crippen LogP contribution in [0.1, 0.15) is 18.5 Å². The number of carbonyl (C=O) groups excluding carboxylic acids is 1. The number of carboxylic acid groups (broad SMARTS) is 1. The monoisotopic (exact) mass is 422 g/mol. The molecule has 0 aliphatic carbocycles. The second kappa shape index (κ2) is 8.24. The Morgan fingerprint density at radius 3 is 2.89 bits per heavy atom. The average Bonchev–Trinajstić information content (AvgIpc) is 2.89. The van der Waals surface area contributed by atoms with Crippen LogP contribution in [0.25, 0.3) is 17.0 Å². The summed E-state index contributed by atoms with van der Waals surface area (Å²) in [5.41, 5.74) is 1.18. The predicted octanol–water partition coefficient (Wildman–Crippen LogP) is 3.96. The number of aromatic nitrogens is 1. The molecule has 0 radical (unpaired) electrons. The van der Waals surface area contributed by atoms with Gasteiger partial charge in [-0.15, -0.1) is 0 Å². The molecule has 0 spiro atoms. The normalized spacial score (nSPS) is 15.8. The summed E-state index contributed by atoms with van der Waals surface area (Å²) in [4.78, 5) is 29.6. The van der Waals surface area contributed by atoms with Crippen LogP contribution in [0.15, 0.2) is 29.2 Å². The molecule has 9 heteroatoms. The number of hydrogen-bond donors (Lipinski definition) is 1. The Morgan fingerprint density at radius 1 is 1.41 bits per heavy atom. The topological polar surface area (TPSA) is 79.7 Å². The van der Waals surface area contributed by atoms with Gasteiger partial charge in [0.25, 0.3) is 5.91 Å². The quantitative estimate of drug-likeness (QED) is 0.557. The summed E-state index contributed by atoms with van der Waals surface area (Å²) in [5.74, 6) is -0.551. The van der Waals surface area contributed by atoms with E-state index in [1.54, 1.807) is 31.4 Å². The van der Waals surface area contributed by atoms with Crippen LogP contribution in [-0.4, -0.2) is 44.8 Å². The van der Waals surface area contributed by atoms with Gasteiger partial charge in [0.1, 0.15) is 15.6 Å². The first-order valence-electron chi connectivity index (χ1n) is 8.01. The molecule has 1 aromatic heterocycles. The van der Waals surface area contributed by atoms with Crippen molar-refractivity contribution in [3.63, 3.8) is 0 Å². The van der Waals surface area contributed by atoms with Gasteiger partial charge in [0.15, 0.2) is 0 Å². The molecule has 6 nitrogen and oxygen atoms in total. The van der Waals surface area contributed by atoms with E-state index in [1.807, 2.05) is 6.07 Å². The van der Waals surface area contributed by atoms with E-state index in [0.717, 1.165) is 5.39 Å². The van der Waals surface area contributed by atoms with Crippen molar-refractivity contribution in [2.24, 2.45) is 0 Å². The number of pyridine rings is 1. The van der Waals surface area contributed by atoms with Crippen molar-refractivity contribution in [3.05, 3.63) is 39.9 Å². The molecule has 0 atom stereocenters. The van der Waals surface area contributed by atoms with Gasteiger partial charge in [0, 0.05) is 18.4 Å². The van der Waals surface area contributed by atoms with Crippen molar-refractivity contribution in [2.45, 2.75) is 12.8 Å². The molecule has 1 N–H and O–H groups in total. The van der Waals surface area contributed by atoms with Crippen LogP contribution in [0.3, 0.4) is 0 Å². The van der Waals surface area contributed by atoms with Crippen molar-refractivity contribution in [1.82, 2.24) is 9.88 Å². The highest BCUT2D eigenvalue weighted by molar-refractivity contribution is 8.26. The molecule has 1 aliphatic heterocycles. The van der Waals surface area contributed by atoms with E-state index in [1.165, 1.54) is 16.7 Å². The summed E-state index contributed by atoms with van der Waals surface area (Å²) in [5, 5.41) is 10.1. The van der Waals surface area contributed by atoms with Crippen molar-refractivity contribution in [2.75, 3.05) is 13.7 Å². The van der Waals surface area contributed by atoms with E-state index in [2.05, 4.69) is 4.98 Å². The fourth-order valence-electron chi connectivity index (χ4n) is 2.63. The maximum absolute atomic E-state index is 12.6. The van der Waals surface area contributed by atoms with Crippen molar-refractivity contribution < 1.29 is 19.4 Å². The van der Waals surface area contributed by atoms with Gasteiger partial charge in [-0.1, -0.05) is 35.6 Å². The van der Waals surface area contributed by atoms with Crippen molar-refractivity contribution in [1.29, 1.82) is 0 Å². The lowest BCUT2D eigenvalue weighted by Crippen LogP contribution is -2.29. The number of aliphatic carboxylic acids is 1. The number of halogens is 1. The lowest BCUT2D eigenvalue weighted by atomic mass is 10.2. The third-order valence-corrected chi connectivity index (χ3v) is 5.64. The zero-order valence-corrected chi connectivity index (χ0v) is 16.7. The summed E-state index contributed by atoms with van der Waals surface area (Å²) >= 11 is 12.6. The maximum Gasteiger partial charge on any atom is 0.303 e. The molecule has 0 unspecified atom stereocenters. The fraction of sp³-hybridized carbons (Fsp3) is 0.222. The molecule has 2 heterocycles. The first kappa shape index (κ1) is 19.6. The van der Waals surface area contributed by atoms with Gasteiger partial charge < -0.3 is 9.84 Å². The number of thioether (sulfide) groups is 1. The Labute approximate surface area is 170 Å². The Morgan fingerprint density at radius 2 is 2.19 bits per heavy atom. The molecule has 1 aliphatic rings. The number of carbonyl (C=O) groups is 2. The molecular formula is C18H15ClN2O4S2. The lowest BCUT2D eigenvalue weighted by Gasteiger charge is -2.13. The number of carboxylic acids is 1. The van der Waals surface area contributed by atoms with Gasteiger partial charge in [-0.25, -0.2) is 4.98 Å². The van der Waals surface area contributed by atoms with Gasteiger partial charge in [0.05, 0.1) is 22.7 Å². The molecule has 2 aromatic rings. The molecule has 140 valence electrons. The predicted molar refractivity (Wildman–Crippen MR) is 110 cm³/mol. The molecule has 1 amide bonds. The van der Waals surface area contributed by atoms with Crippen LogP contribution < -0.4 is 4.74 Å². The van der Waals surface area contributed by atoms with E-state index in [-0.39, 0.29) is 18.9 Å². The summed E-state index contributed by atoms with van der Waals surface area (Å²) < 4.78 is 5.75. The zero-order chi connectivity index (χ0) is 19.6. The van der Waals surface area contributed by atoms with Crippen LogP contribution in [-0.2, 0) is 9.59 Å². The number of hydrogen-bond acceptors (Lipinski definition) is 6. The molecule has 3 rings (SSSR count). The number of amides is 1. The van der Waals surface area contributed by atoms with Crippen molar-refractivity contribution in [3.8, 4) is 5.75 Å². The second-order valence-corrected chi connectivity index (χ2v) is 7.80. The Balaban J connectivity index is 1.87. The molecule has 1 saturated heterocycles. The highest BCUT2D eigenvalue weighted by atomic mass is 35.5. The SMILES string of the molecule is COc1ccc(Cl)c2ccc(C=C3SC(=S)N(CCCC(=O)O)C3=O)nc12. The number of benzene rings is 1. The molecular weight excluding hydrogens is 408 g/mol. The van der Waals surface area contributed by atoms with Crippen LogP contribution in [0.4, 0.5) is 0 Å². The van der Waals surface area contributed by atoms with Crippen LogP contribution >= 0.6 is 35.6 Å². The molecule has 1 aromatic carbocycles. The van der Waals surface area contributed by atoms with E-state index in [4.69, 9.17) is 33.7 Å². The third kappa shape index (κ3) is 4.23. The fourth-order valence-corrected chi connectivity index (χ4v) is 4.14. The largest absolute Gasteiger partial charge is 0.494 e. The standard InChI is InChI=1S/C18H15ClN2O4S2/c1-25-13-7-6-12(19)11-5-4-10(20-16(11)13)9-14-17(24)21(18(26)27-14)8-2-3-15(22)23/h4-7,9H,2-3,8H2,1H3,(H,22,23). The van der Waals surface area contributed by atoms with Gasteiger partial charge in [-0.3, -0.25) is 14.5 Å². The summed E-state index contributed by atoms with van der Waals surface area (Å²) in [7, 11) is 1.55. The minimum Gasteiger partial charge on any atom is -0.494 e. The van der Waals surface area contributed by atoms with E-state index >= 15 is 0 Å². The first-order chi connectivity index (χ1) is 12.9. The van der Waals surface area contributed by atoms with Gasteiger partial charge in [-0.05, 0) is 36.8 Å². The minimum absolute atomic E-state index is 0.0110. The Hall–Kier alpha value is -2.16. The lowest BCUT2D eigenvalue weighted by molar-refractivity contribution is -0.137. The van der Waals surface area contributed by atoms with E-state index < -0.39 is 5.97 Å². The van der Waals surface area contributed by atoms with Gasteiger partial charge in [0.2, 0.25) is 0 Å². The highest BCUT2D eigenvalue weighted by Crippen LogP contribution is 2.34. The van der Waals surface area contributed by atoms with E-state index in [0.29, 0.717) is 37.6 Å². The average molecular weight is 423 g/mol. The summed E-state index contributed by atoms with van der Waals surface area (Å²) in [6.07, 6.45) is 2.00. The number of thiocarbonyl (C=S) groups is 1. The number of rotatable bonds is 6.